The fourth-order valence-electron chi connectivity index (χ4n) is 3.27. The molecule has 5 aromatic rings. The molecule has 0 saturated heterocycles. The zero-order chi connectivity index (χ0) is 26.8. The fourth-order valence-corrected chi connectivity index (χ4v) is 3.27. The number of hydrogen-bond donors (Lipinski definition) is 0. The topological polar surface area (TPSA) is 64.7 Å². The molecule has 0 unspecified atom stereocenters. The van der Waals surface area contributed by atoms with Crippen LogP contribution in [0.1, 0.15) is 0 Å². The lowest BCUT2D eigenvalue weighted by molar-refractivity contribution is 0.380. The van der Waals surface area contributed by atoms with Crippen molar-refractivity contribution in [2.45, 2.75) is 0 Å². The van der Waals surface area contributed by atoms with Gasteiger partial charge in [-0.1, -0.05) is 12.1 Å². The molecule has 0 amide bonds. The van der Waals surface area contributed by atoms with Gasteiger partial charge in [-0.2, -0.15) is 0 Å². The molecule has 0 fully saturated rings. The summed E-state index contributed by atoms with van der Waals surface area (Å²) >= 11 is 0. The molecule has 0 radical (unpaired) electrons. The molecule has 188 valence electrons. The molecule has 0 atom stereocenters. The van der Waals surface area contributed by atoms with Crippen LogP contribution in [0.25, 0.3) is 45.6 Å². The van der Waals surface area contributed by atoms with Crippen LogP contribution in [0.3, 0.4) is 0 Å². The zero-order valence-corrected chi connectivity index (χ0v) is 17.3. The molecule has 5 rings (SSSR count). The average Bonchev–Trinajstić information content (AvgIpc) is 3.33. The number of fused-ring (bicyclic) bond motifs is 1. The number of rotatable bonds is 3. The monoisotopic (exact) mass is 530 g/mol. The van der Waals surface area contributed by atoms with Crippen LogP contribution in [-0.2, 0) is 0 Å². The third kappa shape index (κ3) is 3.65. The highest BCUT2D eigenvalue weighted by molar-refractivity contribution is 5.75. The van der Waals surface area contributed by atoms with Gasteiger partial charge in [0.1, 0.15) is 5.52 Å². The quantitative estimate of drug-likeness (QED) is 0.153. The molecule has 15 heteroatoms. The first kappa shape index (κ1) is 24.1. The molecule has 0 aliphatic heterocycles. The Morgan fingerprint density at radius 2 is 0.811 bits per heavy atom. The Labute approximate surface area is 197 Å². The molecule has 0 saturated carbocycles. The Balaban J connectivity index is 1.88. The summed E-state index contributed by atoms with van der Waals surface area (Å²) in [7, 11) is 0. The Kier molecular flexibility index (Phi) is 5.57. The number of nitrogens with zero attached hydrogens (tertiary/aromatic N) is 4. The van der Waals surface area contributed by atoms with E-state index in [0.29, 0.717) is 0 Å². The van der Waals surface area contributed by atoms with E-state index < -0.39 is 92.7 Å². The Morgan fingerprint density at radius 1 is 0.432 bits per heavy atom. The minimum atomic E-state index is -2.54. The molecule has 3 aromatic carbocycles. The summed E-state index contributed by atoms with van der Waals surface area (Å²) in [5, 5.41) is 0. The van der Waals surface area contributed by atoms with Crippen molar-refractivity contribution in [2.75, 3.05) is 0 Å². The molecule has 0 bridgehead atoms. The maximum absolute atomic E-state index is 14.5. The van der Waals surface area contributed by atoms with E-state index in [1.165, 1.54) is 24.3 Å². The normalized spacial score (nSPS) is 11.5. The zero-order valence-electron chi connectivity index (χ0n) is 17.3. The smallest absolute Gasteiger partial charge is 0.266 e. The fraction of sp³-hybridized carbons (Fsp3) is 0. The molecule has 0 aliphatic rings. The average molecular weight is 530 g/mol. The van der Waals surface area contributed by atoms with E-state index in [1.54, 1.807) is 0 Å². The van der Waals surface area contributed by atoms with E-state index in [1.807, 2.05) is 0 Å². The number of hydrogen-bond acceptors (Lipinski definition) is 5. The first-order valence-electron chi connectivity index (χ1n) is 9.66. The Hall–Kier alpha value is -4.56. The van der Waals surface area contributed by atoms with Crippen LogP contribution >= 0.6 is 0 Å². The lowest BCUT2D eigenvalue weighted by atomic mass is 10.1. The van der Waals surface area contributed by atoms with Gasteiger partial charge in [-0.3, -0.25) is 0 Å². The third-order valence-corrected chi connectivity index (χ3v) is 4.99. The maximum Gasteiger partial charge on any atom is 0.266 e. The molecule has 0 N–H and O–H groups in total. The van der Waals surface area contributed by atoms with Gasteiger partial charge in [-0.25, -0.2) is 63.8 Å². The predicted octanol–water partition coefficient (Wildman–Crippen LogP) is 6.40. The number of para-hydroxylation sites is 2. The predicted molar refractivity (Wildman–Crippen MR) is 103 cm³/mol. The lowest BCUT2D eigenvalue weighted by Crippen LogP contribution is -2.10. The minimum Gasteiger partial charge on any atom is -0.434 e. The van der Waals surface area contributed by atoms with Crippen molar-refractivity contribution in [3.63, 3.8) is 0 Å². The van der Waals surface area contributed by atoms with Crippen molar-refractivity contribution >= 4 is 11.1 Å². The Morgan fingerprint density at radius 3 is 1.24 bits per heavy atom. The van der Waals surface area contributed by atoms with Crippen molar-refractivity contribution < 1.29 is 48.3 Å². The van der Waals surface area contributed by atoms with Gasteiger partial charge >= 0.3 is 0 Å². The van der Waals surface area contributed by atoms with Crippen LogP contribution in [0.15, 0.2) is 28.7 Å². The highest BCUT2D eigenvalue weighted by atomic mass is 19.2. The standard InChI is InChI=1S/C22H4F10N4O/c23-9-7(10(24)14(28)17(31)13(9)27)19-34-20(8-11(25)15(29)18(32)16(30)12(8)26)36-21(35-19)22-33-5-3-1-2-4-6(5)37-22/h1-4H. The van der Waals surface area contributed by atoms with E-state index in [0.717, 1.165) is 0 Å². The van der Waals surface area contributed by atoms with Gasteiger partial charge in [-0.15, -0.1) is 0 Å². The molecule has 0 aliphatic carbocycles. The number of aromatic nitrogens is 4. The van der Waals surface area contributed by atoms with Crippen LogP contribution in [-0.4, -0.2) is 19.9 Å². The summed E-state index contributed by atoms with van der Waals surface area (Å²) < 4.78 is 146. The van der Waals surface area contributed by atoms with Gasteiger partial charge in [0.05, 0.1) is 11.1 Å². The van der Waals surface area contributed by atoms with Crippen LogP contribution in [0, 0.1) is 58.2 Å². The van der Waals surface area contributed by atoms with E-state index in [9.17, 15) is 43.9 Å². The molecular formula is C22H4F10N4O. The van der Waals surface area contributed by atoms with Crippen molar-refractivity contribution in [2.24, 2.45) is 0 Å². The summed E-state index contributed by atoms with van der Waals surface area (Å²) in [5.41, 5.74) is -3.33. The Bertz CT molecular complexity index is 1580. The first-order valence-corrected chi connectivity index (χ1v) is 9.66. The maximum atomic E-state index is 14.5. The highest BCUT2D eigenvalue weighted by Crippen LogP contribution is 2.35. The number of oxazole rings is 1. The van der Waals surface area contributed by atoms with E-state index >= 15 is 0 Å². The van der Waals surface area contributed by atoms with Gasteiger partial charge in [0, 0.05) is 0 Å². The van der Waals surface area contributed by atoms with E-state index in [2.05, 4.69) is 19.9 Å². The van der Waals surface area contributed by atoms with Crippen LogP contribution < -0.4 is 0 Å². The minimum absolute atomic E-state index is 0.0773. The molecule has 2 heterocycles. The van der Waals surface area contributed by atoms with Crippen molar-refractivity contribution in [3.8, 4) is 34.5 Å². The number of benzene rings is 3. The summed E-state index contributed by atoms with van der Waals surface area (Å²) in [6.07, 6.45) is 0. The summed E-state index contributed by atoms with van der Waals surface area (Å²) in [6, 6.07) is 5.83. The van der Waals surface area contributed by atoms with Crippen LogP contribution in [0.5, 0.6) is 0 Å². The van der Waals surface area contributed by atoms with Crippen molar-refractivity contribution in [1.82, 2.24) is 19.9 Å². The molecule has 2 aromatic heterocycles. The van der Waals surface area contributed by atoms with Crippen LogP contribution in [0.4, 0.5) is 43.9 Å². The van der Waals surface area contributed by atoms with E-state index in [4.69, 9.17) is 4.42 Å². The van der Waals surface area contributed by atoms with Gasteiger partial charge in [-0.05, 0) is 12.1 Å². The highest BCUT2D eigenvalue weighted by Gasteiger charge is 2.32. The van der Waals surface area contributed by atoms with Gasteiger partial charge < -0.3 is 4.42 Å². The summed E-state index contributed by atoms with van der Waals surface area (Å²) in [5.74, 6) is -28.9. The first-order chi connectivity index (χ1) is 17.5. The van der Waals surface area contributed by atoms with Crippen molar-refractivity contribution in [1.29, 1.82) is 0 Å². The van der Waals surface area contributed by atoms with Crippen LogP contribution in [0.2, 0.25) is 0 Å². The molecule has 37 heavy (non-hydrogen) atoms. The number of halogens is 10. The largest absolute Gasteiger partial charge is 0.434 e. The molecular weight excluding hydrogens is 526 g/mol. The summed E-state index contributed by atoms with van der Waals surface area (Å²) in [6.45, 7) is 0. The second kappa shape index (κ2) is 8.53. The van der Waals surface area contributed by atoms with Crippen molar-refractivity contribution in [3.05, 3.63) is 82.4 Å². The molecule has 0 spiro atoms. The second-order valence-electron chi connectivity index (χ2n) is 7.18. The lowest BCUT2D eigenvalue weighted by Gasteiger charge is -2.11. The van der Waals surface area contributed by atoms with Gasteiger partial charge in [0.2, 0.25) is 17.5 Å². The third-order valence-electron chi connectivity index (χ3n) is 4.99. The summed E-state index contributed by atoms with van der Waals surface area (Å²) in [4.78, 5) is 14.2. The van der Waals surface area contributed by atoms with E-state index in [-0.39, 0.29) is 11.1 Å². The van der Waals surface area contributed by atoms with Gasteiger partial charge in [0.15, 0.2) is 63.8 Å². The molecule has 5 nitrogen and oxygen atoms in total. The SMILES string of the molecule is Fc1c(F)c(F)c(-c2nc(-c3nc4ccccc4o3)nc(-c3c(F)c(F)c(F)c(F)c3F)n2)c(F)c1F. The second-order valence-corrected chi connectivity index (χ2v) is 7.18. The van der Waals surface area contributed by atoms with Gasteiger partial charge in [0.25, 0.3) is 5.89 Å².